The Morgan fingerprint density at radius 2 is 1.81 bits per heavy atom. The van der Waals surface area contributed by atoms with E-state index in [0.717, 1.165) is 30.0 Å². The molecule has 4 rings (SSSR count). The van der Waals surface area contributed by atoms with Crippen LogP contribution in [0.1, 0.15) is 0 Å². The van der Waals surface area contributed by atoms with E-state index in [1.165, 1.54) is 0 Å². The number of hydrogen-bond acceptors (Lipinski definition) is 5. The van der Waals surface area contributed by atoms with Crippen LogP contribution < -0.4 is 19.7 Å². The molecular formula is C22H24ClN5O3. The fraction of sp³-hybridized carbons (Fsp3) is 0.273. The summed E-state index contributed by atoms with van der Waals surface area (Å²) in [5.74, 6) is 1.74. The fourth-order valence-electron chi connectivity index (χ4n) is 3.57. The van der Waals surface area contributed by atoms with Gasteiger partial charge in [0.2, 0.25) is 0 Å². The quantitative estimate of drug-likeness (QED) is 0.622. The third kappa shape index (κ3) is 4.69. The highest BCUT2D eigenvalue weighted by Crippen LogP contribution is 2.32. The molecule has 0 unspecified atom stereocenters. The molecule has 162 valence electrons. The van der Waals surface area contributed by atoms with Gasteiger partial charge in [0.1, 0.15) is 0 Å². The molecule has 1 aromatic heterocycles. The zero-order chi connectivity index (χ0) is 21.8. The summed E-state index contributed by atoms with van der Waals surface area (Å²) in [5.41, 5.74) is 2.71. The second-order valence-electron chi connectivity index (χ2n) is 7.12. The van der Waals surface area contributed by atoms with Crippen LogP contribution in [0.3, 0.4) is 0 Å². The number of methoxy groups -OCH3 is 2. The molecule has 2 N–H and O–H groups in total. The highest BCUT2D eigenvalue weighted by molar-refractivity contribution is 6.30. The Morgan fingerprint density at radius 1 is 1.03 bits per heavy atom. The zero-order valence-corrected chi connectivity index (χ0v) is 18.1. The lowest BCUT2D eigenvalue weighted by Gasteiger charge is -2.36. The van der Waals surface area contributed by atoms with Crippen molar-refractivity contribution < 1.29 is 14.3 Å². The fourth-order valence-corrected chi connectivity index (χ4v) is 3.75. The number of carbonyl (C=O) groups excluding carboxylic acids is 1. The monoisotopic (exact) mass is 441 g/mol. The van der Waals surface area contributed by atoms with Gasteiger partial charge in [0.15, 0.2) is 17.3 Å². The Hall–Kier alpha value is -3.39. The lowest BCUT2D eigenvalue weighted by atomic mass is 10.1. The lowest BCUT2D eigenvalue weighted by Crippen LogP contribution is -2.50. The summed E-state index contributed by atoms with van der Waals surface area (Å²) in [7, 11) is 3.18. The van der Waals surface area contributed by atoms with Crippen molar-refractivity contribution >= 4 is 29.1 Å². The number of piperazine rings is 1. The molecule has 0 radical (unpaired) electrons. The molecule has 2 amide bonds. The molecule has 0 atom stereocenters. The van der Waals surface area contributed by atoms with Gasteiger partial charge in [-0.2, -0.15) is 5.10 Å². The van der Waals surface area contributed by atoms with Gasteiger partial charge in [-0.05, 0) is 36.4 Å². The number of H-pyrrole nitrogens is 1. The first kappa shape index (κ1) is 20.9. The molecule has 0 spiro atoms. The number of amides is 2. The van der Waals surface area contributed by atoms with Gasteiger partial charge in [-0.25, -0.2) is 4.79 Å². The third-order valence-electron chi connectivity index (χ3n) is 5.25. The largest absolute Gasteiger partial charge is 0.493 e. The highest BCUT2D eigenvalue weighted by atomic mass is 35.5. The van der Waals surface area contributed by atoms with Crippen molar-refractivity contribution in [2.75, 3.05) is 50.6 Å². The summed E-state index contributed by atoms with van der Waals surface area (Å²) in [6, 6.07) is 15.0. The van der Waals surface area contributed by atoms with Gasteiger partial charge in [0, 0.05) is 48.5 Å². The minimum Gasteiger partial charge on any atom is -0.493 e. The van der Waals surface area contributed by atoms with Gasteiger partial charge in [-0.3, -0.25) is 10.4 Å². The number of aromatic nitrogens is 2. The summed E-state index contributed by atoms with van der Waals surface area (Å²) < 4.78 is 10.6. The number of nitrogens with one attached hydrogen (secondary N) is 2. The summed E-state index contributed by atoms with van der Waals surface area (Å²) in [5, 5.41) is 10.7. The van der Waals surface area contributed by atoms with Gasteiger partial charge >= 0.3 is 6.03 Å². The number of benzene rings is 2. The van der Waals surface area contributed by atoms with Crippen molar-refractivity contribution in [2.24, 2.45) is 0 Å². The van der Waals surface area contributed by atoms with Crippen LogP contribution in [-0.2, 0) is 0 Å². The van der Waals surface area contributed by atoms with Crippen molar-refractivity contribution in [1.82, 2.24) is 15.1 Å². The van der Waals surface area contributed by atoms with Crippen molar-refractivity contribution in [3.8, 4) is 22.8 Å². The van der Waals surface area contributed by atoms with Crippen LogP contribution in [0.15, 0.2) is 48.5 Å². The molecule has 2 heterocycles. The molecule has 2 aromatic carbocycles. The maximum atomic E-state index is 12.7. The molecule has 0 aliphatic carbocycles. The van der Waals surface area contributed by atoms with Crippen LogP contribution >= 0.6 is 11.6 Å². The molecule has 9 heteroatoms. The predicted octanol–water partition coefficient (Wildman–Crippen LogP) is 4.10. The number of anilines is 2. The standard InChI is InChI=1S/C22H24ClN5O3/c1-30-19-7-6-15(12-20(19)31-2)18-14-21(26-25-18)24-22(29)28-10-8-27(9-11-28)17-5-3-4-16(23)13-17/h3-7,12-14H,8-11H2,1-2H3,(H2,24,25,26,29). The van der Waals surface area contributed by atoms with Crippen LogP contribution in [0.5, 0.6) is 11.5 Å². The van der Waals surface area contributed by atoms with Gasteiger partial charge in [-0.1, -0.05) is 17.7 Å². The Labute approximate surface area is 185 Å². The molecule has 0 bridgehead atoms. The van der Waals surface area contributed by atoms with Crippen LogP contribution in [-0.4, -0.2) is 61.5 Å². The van der Waals surface area contributed by atoms with E-state index in [1.54, 1.807) is 25.2 Å². The van der Waals surface area contributed by atoms with Crippen molar-refractivity contribution in [2.45, 2.75) is 0 Å². The maximum Gasteiger partial charge on any atom is 0.323 e. The van der Waals surface area contributed by atoms with Crippen LogP contribution in [0, 0.1) is 0 Å². The Balaban J connectivity index is 1.36. The summed E-state index contributed by atoms with van der Waals surface area (Å²) >= 11 is 6.09. The maximum absolute atomic E-state index is 12.7. The summed E-state index contributed by atoms with van der Waals surface area (Å²) in [4.78, 5) is 16.7. The zero-order valence-electron chi connectivity index (χ0n) is 17.4. The van der Waals surface area contributed by atoms with Crippen molar-refractivity contribution in [3.63, 3.8) is 0 Å². The minimum absolute atomic E-state index is 0.170. The Bertz CT molecular complexity index is 1060. The van der Waals surface area contributed by atoms with Gasteiger partial charge in [-0.15, -0.1) is 0 Å². The van der Waals surface area contributed by atoms with Crippen LogP contribution in [0.2, 0.25) is 5.02 Å². The van der Waals surface area contributed by atoms with E-state index in [4.69, 9.17) is 21.1 Å². The van der Waals surface area contributed by atoms with E-state index < -0.39 is 0 Å². The highest BCUT2D eigenvalue weighted by Gasteiger charge is 2.22. The first-order valence-electron chi connectivity index (χ1n) is 9.91. The molecule has 8 nitrogen and oxygen atoms in total. The molecular weight excluding hydrogens is 418 g/mol. The molecule has 31 heavy (non-hydrogen) atoms. The SMILES string of the molecule is COc1ccc(-c2cc(NC(=O)N3CCN(c4cccc(Cl)c4)CC3)n[nH]2)cc1OC. The molecule has 1 aliphatic heterocycles. The van der Waals surface area contributed by atoms with Gasteiger partial charge in [0.05, 0.1) is 19.9 Å². The van der Waals surface area contributed by atoms with E-state index in [9.17, 15) is 4.79 Å². The molecule has 0 saturated carbocycles. The molecule has 1 aliphatic rings. The average molecular weight is 442 g/mol. The third-order valence-corrected chi connectivity index (χ3v) is 5.48. The predicted molar refractivity (Wildman–Crippen MR) is 121 cm³/mol. The second-order valence-corrected chi connectivity index (χ2v) is 7.56. The first-order chi connectivity index (χ1) is 15.1. The number of ether oxygens (including phenoxy) is 2. The summed E-state index contributed by atoms with van der Waals surface area (Å²) in [6.07, 6.45) is 0. The molecule has 3 aromatic rings. The number of aromatic amines is 1. The number of halogens is 1. The van der Waals surface area contributed by atoms with Gasteiger partial charge in [0.25, 0.3) is 0 Å². The Morgan fingerprint density at radius 3 is 2.52 bits per heavy atom. The Kier molecular flexibility index (Phi) is 6.18. The number of hydrogen-bond donors (Lipinski definition) is 2. The number of carbonyl (C=O) groups is 1. The average Bonchev–Trinajstić information content (AvgIpc) is 3.27. The summed E-state index contributed by atoms with van der Waals surface area (Å²) in [6.45, 7) is 2.72. The normalized spacial score (nSPS) is 13.8. The van der Waals surface area contributed by atoms with E-state index in [0.29, 0.717) is 35.4 Å². The van der Waals surface area contributed by atoms with Crippen molar-refractivity contribution in [1.29, 1.82) is 0 Å². The number of rotatable bonds is 5. The topological polar surface area (TPSA) is 82.7 Å². The first-order valence-corrected chi connectivity index (χ1v) is 10.3. The van der Waals surface area contributed by atoms with E-state index >= 15 is 0 Å². The van der Waals surface area contributed by atoms with Crippen LogP contribution in [0.4, 0.5) is 16.3 Å². The molecule has 1 fully saturated rings. The number of urea groups is 1. The van der Waals surface area contributed by atoms with E-state index in [2.05, 4.69) is 20.4 Å². The van der Waals surface area contributed by atoms with Crippen molar-refractivity contribution in [3.05, 3.63) is 53.6 Å². The smallest absolute Gasteiger partial charge is 0.323 e. The van der Waals surface area contributed by atoms with E-state index in [1.807, 2.05) is 42.5 Å². The van der Waals surface area contributed by atoms with Gasteiger partial charge < -0.3 is 19.3 Å². The second kappa shape index (κ2) is 9.18. The van der Waals surface area contributed by atoms with E-state index in [-0.39, 0.29) is 6.03 Å². The number of nitrogens with zero attached hydrogens (tertiary/aromatic N) is 3. The molecule has 1 saturated heterocycles. The van der Waals surface area contributed by atoms with Crippen LogP contribution in [0.25, 0.3) is 11.3 Å². The minimum atomic E-state index is -0.170. The lowest BCUT2D eigenvalue weighted by molar-refractivity contribution is 0.208.